The van der Waals surface area contributed by atoms with E-state index in [0.29, 0.717) is 12.3 Å². The molecule has 0 bridgehead atoms. The highest BCUT2D eigenvalue weighted by molar-refractivity contribution is 7.17. The highest BCUT2D eigenvalue weighted by atomic mass is 32.1. The third-order valence-corrected chi connectivity index (χ3v) is 7.00. The summed E-state index contributed by atoms with van der Waals surface area (Å²) in [6.07, 6.45) is 8.33. The summed E-state index contributed by atoms with van der Waals surface area (Å²) in [5.41, 5.74) is 3.51. The van der Waals surface area contributed by atoms with Crippen LogP contribution < -0.4 is 10.6 Å². The number of fused-ring (bicyclic) bond motifs is 1. The lowest BCUT2D eigenvalue weighted by atomic mass is 10.1. The molecule has 0 radical (unpaired) electrons. The highest BCUT2D eigenvalue weighted by Gasteiger charge is 2.18. The van der Waals surface area contributed by atoms with E-state index in [9.17, 15) is 4.79 Å². The van der Waals surface area contributed by atoms with E-state index in [1.807, 2.05) is 65.5 Å². The maximum atomic E-state index is 12.8. The van der Waals surface area contributed by atoms with Crippen molar-refractivity contribution in [3.63, 3.8) is 0 Å². The van der Waals surface area contributed by atoms with E-state index in [1.54, 1.807) is 11.3 Å². The van der Waals surface area contributed by atoms with Gasteiger partial charge in [-0.2, -0.15) is 0 Å². The van der Waals surface area contributed by atoms with Crippen molar-refractivity contribution in [1.29, 1.82) is 0 Å². The van der Waals surface area contributed by atoms with E-state index < -0.39 is 0 Å². The molecule has 0 saturated carbocycles. The number of aryl methyl sites for hydroxylation is 1. The Labute approximate surface area is 197 Å². The van der Waals surface area contributed by atoms with Crippen LogP contribution in [-0.2, 0) is 23.1 Å². The topological polar surface area (TPSA) is 64.5 Å². The number of carbonyl (C=O) groups excluding carboxylic acids is 1. The van der Waals surface area contributed by atoms with Crippen molar-refractivity contribution in [2.45, 2.75) is 38.4 Å². The number of nitrogens with zero attached hydrogens (tertiary/aromatic N) is 1. The molecular formula is C26H29N3O3S. The van der Waals surface area contributed by atoms with E-state index in [1.165, 1.54) is 6.42 Å². The van der Waals surface area contributed by atoms with Crippen LogP contribution in [0.4, 0.5) is 5.69 Å². The monoisotopic (exact) mass is 463 g/mol. The molecule has 172 valence electrons. The third kappa shape index (κ3) is 5.15. The van der Waals surface area contributed by atoms with Gasteiger partial charge in [0.15, 0.2) is 0 Å². The van der Waals surface area contributed by atoms with Crippen LogP contribution in [0.15, 0.2) is 65.4 Å². The average Bonchev–Trinajstić information content (AvgIpc) is 3.42. The summed E-state index contributed by atoms with van der Waals surface area (Å²) >= 11 is 1.64. The Morgan fingerprint density at radius 2 is 2.09 bits per heavy atom. The minimum Gasteiger partial charge on any atom is -0.493 e. The fraction of sp³-hybridized carbons (Fsp3) is 0.346. The van der Waals surface area contributed by atoms with Crippen LogP contribution >= 0.6 is 11.3 Å². The summed E-state index contributed by atoms with van der Waals surface area (Å²) in [4.78, 5) is 12.8. The first-order chi connectivity index (χ1) is 16.2. The molecule has 1 aliphatic heterocycles. The van der Waals surface area contributed by atoms with Crippen molar-refractivity contribution in [3.8, 4) is 0 Å². The van der Waals surface area contributed by atoms with Crippen LogP contribution in [0.5, 0.6) is 0 Å². The summed E-state index contributed by atoms with van der Waals surface area (Å²) in [6.45, 7) is 2.48. The molecule has 1 atom stereocenters. The molecule has 1 amide bonds. The van der Waals surface area contributed by atoms with E-state index >= 15 is 0 Å². The van der Waals surface area contributed by atoms with Crippen LogP contribution in [0.3, 0.4) is 0 Å². The molecule has 1 saturated heterocycles. The van der Waals surface area contributed by atoms with Crippen LogP contribution in [0, 0.1) is 0 Å². The van der Waals surface area contributed by atoms with Gasteiger partial charge in [-0.15, -0.1) is 11.3 Å². The molecule has 0 spiro atoms. The maximum absolute atomic E-state index is 12.8. The number of piperidine rings is 1. The second kappa shape index (κ2) is 9.85. The van der Waals surface area contributed by atoms with E-state index in [4.69, 9.17) is 9.47 Å². The Hall–Kier alpha value is -3.03. The Morgan fingerprint density at radius 3 is 2.88 bits per heavy atom. The van der Waals surface area contributed by atoms with Gasteiger partial charge in [0.05, 0.1) is 21.7 Å². The number of rotatable bonds is 7. The number of thiophene rings is 1. The van der Waals surface area contributed by atoms with Gasteiger partial charge >= 0.3 is 0 Å². The van der Waals surface area contributed by atoms with Crippen molar-refractivity contribution in [2.24, 2.45) is 7.05 Å². The first-order valence-corrected chi connectivity index (χ1v) is 12.4. The Balaban J connectivity index is 1.16. The van der Waals surface area contributed by atoms with Gasteiger partial charge in [-0.1, -0.05) is 12.1 Å². The van der Waals surface area contributed by atoms with Gasteiger partial charge in [0.1, 0.15) is 18.4 Å². The Kier molecular flexibility index (Phi) is 6.51. The predicted molar refractivity (Wildman–Crippen MR) is 132 cm³/mol. The first kappa shape index (κ1) is 21.8. The van der Waals surface area contributed by atoms with Crippen LogP contribution in [0.25, 0.3) is 10.2 Å². The van der Waals surface area contributed by atoms with E-state index in [0.717, 1.165) is 65.3 Å². The summed E-state index contributed by atoms with van der Waals surface area (Å²) in [6, 6.07) is 11.8. The molecule has 1 aliphatic carbocycles. The number of allylic oxidation sites excluding steroid dienone is 4. The van der Waals surface area contributed by atoms with E-state index in [2.05, 4.69) is 10.6 Å². The molecule has 1 fully saturated rings. The minimum atomic E-state index is -0.111. The second-order valence-electron chi connectivity index (χ2n) is 8.55. The molecule has 2 aromatic heterocycles. The number of hydrogen-bond donors (Lipinski definition) is 2. The first-order valence-electron chi connectivity index (χ1n) is 11.5. The lowest BCUT2D eigenvalue weighted by Gasteiger charge is -2.26. The summed E-state index contributed by atoms with van der Waals surface area (Å²) < 4.78 is 15.2. The Bertz CT molecular complexity index is 1200. The van der Waals surface area contributed by atoms with Gasteiger partial charge in [0, 0.05) is 32.1 Å². The largest absolute Gasteiger partial charge is 0.493 e. The molecule has 3 heterocycles. The van der Waals surface area contributed by atoms with Gasteiger partial charge in [0.2, 0.25) is 0 Å². The van der Waals surface area contributed by atoms with Gasteiger partial charge in [0.25, 0.3) is 5.91 Å². The summed E-state index contributed by atoms with van der Waals surface area (Å²) in [5, 5.41) is 8.44. The normalized spacial score (nSPS) is 18.5. The van der Waals surface area contributed by atoms with Gasteiger partial charge in [-0.3, -0.25) is 4.79 Å². The number of carbonyl (C=O) groups is 1. The lowest BCUT2D eigenvalue weighted by molar-refractivity contribution is 0.0831. The lowest BCUT2D eigenvalue weighted by Crippen LogP contribution is -2.35. The zero-order chi connectivity index (χ0) is 22.6. The number of benzene rings is 1. The maximum Gasteiger partial charge on any atom is 0.272 e. The molecule has 6 nitrogen and oxygen atoms in total. The molecule has 2 aliphatic rings. The van der Waals surface area contributed by atoms with Crippen LogP contribution in [-0.4, -0.2) is 29.7 Å². The molecule has 5 rings (SSSR count). The fourth-order valence-corrected chi connectivity index (χ4v) is 5.18. The molecule has 3 aromatic rings. The minimum absolute atomic E-state index is 0.111. The van der Waals surface area contributed by atoms with Crippen molar-refractivity contribution in [3.05, 3.63) is 76.7 Å². The molecule has 7 heteroatoms. The van der Waals surface area contributed by atoms with Crippen LogP contribution in [0.2, 0.25) is 0 Å². The Morgan fingerprint density at radius 1 is 1.21 bits per heavy atom. The standard InChI is InChI=1S/C26H29N3O3S/c1-29-23-11-13-33-25(23)15-24(29)26(30)28-19-5-2-4-18(14-19)17-31-20-7-9-21(10-8-20)32-22-6-3-12-27-16-22/h2,4-5,7,9,11,13-15,22,27H,3,6,8,10,12,16-17H2,1H3,(H,28,30). The third-order valence-electron chi connectivity index (χ3n) is 6.15. The van der Waals surface area contributed by atoms with Crippen molar-refractivity contribution >= 4 is 33.1 Å². The van der Waals surface area contributed by atoms with Gasteiger partial charge in [-0.25, -0.2) is 0 Å². The van der Waals surface area contributed by atoms with Crippen molar-refractivity contribution in [2.75, 3.05) is 18.4 Å². The second-order valence-corrected chi connectivity index (χ2v) is 9.50. The smallest absolute Gasteiger partial charge is 0.272 e. The number of anilines is 1. The molecule has 1 aromatic carbocycles. The number of ether oxygens (including phenoxy) is 2. The predicted octanol–water partition coefficient (Wildman–Crippen LogP) is 5.34. The number of hydrogen-bond acceptors (Lipinski definition) is 5. The van der Waals surface area contributed by atoms with Gasteiger partial charge in [-0.05, 0) is 66.7 Å². The van der Waals surface area contributed by atoms with Crippen LogP contribution in [0.1, 0.15) is 41.7 Å². The molecule has 1 unspecified atom stereocenters. The average molecular weight is 464 g/mol. The summed E-state index contributed by atoms with van der Waals surface area (Å²) in [7, 11) is 1.92. The van der Waals surface area contributed by atoms with Crippen molar-refractivity contribution < 1.29 is 14.3 Å². The van der Waals surface area contributed by atoms with E-state index in [-0.39, 0.29) is 12.0 Å². The zero-order valence-electron chi connectivity index (χ0n) is 18.8. The SMILES string of the molecule is Cn1c(C(=O)Nc2cccc(COC3=CC=C(OC4CCCNC4)CC3)c2)cc2sccc21. The molecular weight excluding hydrogens is 434 g/mol. The van der Waals surface area contributed by atoms with Crippen molar-refractivity contribution in [1.82, 2.24) is 9.88 Å². The summed E-state index contributed by atoms with van der Waals surface area (Å²) in [5.74, 6) is 1.89. The fourth-order valence-electron chi connectivity index (χ4n) is 4.33. The number of nitrogens with one attached hydrogen (secondary N) is 2. The number of aromatic nitrogens is 1. The number of amides is 1. The molecule has 2 N–H and O–H groups in total. The zero-order valence-corrected chi connectivity index (χ0v) is 19.6. The molecule has 33 heavy (non-hydrogen) atoms. The quantitative estimate of drug-likeness (QED) is 0.497. The highest BCUT2D eigenvalue weighted by Crippen LogP contribution is 2.26. The van der Waals surface area contributed by atoms with Gasteiger partial charge < -0.3 is 24.7 Å².